The van der Waals surface area contributed by atoms with Crippen LogP contribution in [0.5, 0.6) is 0 Å². The number of esters is 1. The number of nitrogens with two attached hydrogens (primary N) is 1. The van der Waals surface area contributed by atoms with Crippen LogP contribution in [0.25, 0.3) is 0 Å². The average molecular weight is 207 g/mol. The van der Waals surface area contributed by atoms with E-state index in [4.69, 9.17) is 5.73 Å². The summed E-state index contributed by atoms with van der Waals surface area (Å²) in [6.45, 7) is 0. The first kappa shape index (κ1) is 11.7. The van der Waals surface area contributed by atoms with Gasteiger partial charge < -0.3 is 10.5 Å². The fourth-order valence-electron chi connectivity index (χ4n) is 1.40. The lowest BCUT2D eigenvalue weighted by Gasteiger charge is -2.09. The molecule has 0 fully saturated rings. The average Bonchev–Trinajstić information content (AvgIpc) is 2.27. The van der Waals surface area contributed by atoms with Gasteiger partial charge in [0.2, 0.25) is 0 Å². The fourth-order valence-corrected chi connectivity index (χ4v) is 1.40. The summed E-state index contributed by atoms with van der Waals surface area (Å²) in [6, 6.07) is 9.99. The van der Waals surface area contributed by atoms with E-state index in [1.54, 1.807) is 0 Å². The van der Waals surface area contributed by atoms with E-state index in [2.05, 4.69) is 16.9 Å². The van der Waals surface area contributed by atoms with Gasteiger partial charge >= 0.3 is 5.97 Å². The van der Waals surface area contributed by atoms with Crippen molar-refractivity contribution in [3.05, 3.63) is 35.9 Å². The minimum Gasteiger partial charge on any atom is -0.469 e. The lowest BCUT2D eigenvalue weighted by molar-refractivity contribution is -0.141. The summed E-state index contributed by atoms with van der Waals surface area (Å²) < 4.78 is 4.55. The summed E-state index contributed by atoms with van der Waals surface area (Å²) in [5.74, 6) is -0.240. The first-order valence-electron chi connectivity index (χ1n) is 5.08. The Labute approximate surface area is 90.2 Å². The first-order chi connectivity index (χ1) is 7.22. The summed E-state index contributed by atoms with van der Waals surface area (Å²) in [6.07, 6.45) is 2.00. The van der Waals surface area contributed by atoms with Gasteiger partial charge in [-0.15, -0.1) is 0 Å². The van der Waals surface area contributed by atoms with Gasteiger partial charge in [-0.2, -0.15) is 0 Å². The molecule has 0 amide bonds. The Morgan fingerprint density at radius 2 is 2.07 bits per heavy atom. The molecule has 82 valence electrons. The van der Waals surface area contributed by atoms with Crippen molar-refractivity contribution in [2.24, 2.45) is 5.73 Å². The Bertz CT molecular complexity index is 298. The van der Waals surface area contributed by atoms with E-state index < -0.39 is 0 Å². The summed E-state index contributed by atoms with van der Waals surface area (Å²) >= 11 is 0. The molecule has 1 aromatic rings. The summed E-state index contributed by atoms with van der Waals surface area (Å²) in [5.41, 5.74) is 7.05. The second-order valence-corrected chi connectivity index (χ2v) is 3.56. The highest BCUT2D eigenvalue weighted by molar-refractivity contribution is 5.69. The van der Waals surface area contributed by atoms with Crippen molar-refractivity contribution in [1.29, 1.82) is 0 Å². The molecular weight excluding hydrogens is 190 g/mol. The number of methoxy groups -OCH3 is 1. The van der Waals surface area contributed by atoms with E-state index in [-0.39, 0.29) is 12.0 Å². The van der Waals surface area contributed by atoms with E-state index in [1.165, 1.54) is 12.7 Å². The third-order valence-electron chi connectivity index (χ3n) is 2.30. The molecule has 0 aliphatic carbocycles. The van der Waals surface area contributed by atoms with Crippen LogP contribution in [0.4, 0.5) is 0 Å². The van der Waals surface area contributed by atoms with Gasteiger partial charge in [0.25, 0.3) is 0 Å². The van der Waals surface area contributed by atoms with E-state index >= 15 is 0 Å². The van der Waals surface area contributed by atoms with Crippen molar-refractivity contribution in [2.75, 3.05) is 7.11 Å². The quantitative estimate of drug-likeness (QED) is 0.744. The molecule has 0 unspecified atom stereocenters. The highest BCUT2D eigenvalue weighted by Gasteiger charge is 2.09. The van der Waals surface area contributed by atoms with Gasteiger partial charge in [-0.3, -0.25) is 4.79 Å². The SMILES string of the molecule is COC(=O)C[C@@H](N)CCc1ccccc1. The van der Waals surface area contributed by atoms with Crippen LogP contribution in [0.1, 0.15) is 18.4 Å². The molecule has 1 aromatic carbocycles. The molecule has 0 saturated heterocycles. The Kier molecular flexibility index (Phi) is 4.84. The standard InChI is InChI=1S/C12H17NO2/c1-15-12(14)9-11(13)8-7-10-5-3-2-4-6-10/h2-6,11H,7-9,13H2,1H3/t11-/m0/s1. The minimum absolute atomic E-state index is 0.113. The predicted molar refractivity (Wildman–Crippen MR) is 59.4 cm³/mol. The van der Waals surface area contributed by atoms with Gasteiger partial charge in [0.05, 0.1) is 13.5 Å². The lowest BCUT2D eigenvalue weighted by Crippen LogP contribution is -2.25. The third-order valence-corrected chi connectivity index (χ3v) is 2.30. The van der Waals surface area contributed by atoms with Gasteiger partial charge in [0, 0.05) is 6.04 Å². The second-order valence-electron chi connectivity index (χ2n) is 3.56. The van der Waals surface area contributed by atoms with Crippen LogP contribution in [0, 0.1) is 0 Å². The van der Waals surface area contributed by atoms with Gasteiger partial charge in [0.15, 0.2) is 0 Å². The van der Waals surface area contributed by atoms with E-state index in [0.29, 0.717) is 6.42 Å². The largest absolute Gasteiger partial charge is 0.469 e. The van der Waals surface area contributed by atoms with Crippen molar-refractivity contribution >= 4 is 5.97 Å². The zero-order valence-electron chi connectivity index (χ0n) is 8.98. The fraction of sp³-hybridized carbons (Fsp3) is 0.417. The number of benzene rings is 1. The minimum atomic E-state index is -0.240. The summed E-state index contributed by atoms with van der Waals surface area (Å²) in [5, 5.41) is 0. The van der Waals surface area contributed by atoms with Crippen LogP contribution in [0.3, 0.4) is 0 Å². The number of hydrogen-bond donors (Lipinski definition) is 1. The van der Waals surface area contributed by atoms with Crippen LogP contribution >= 0.6 is 0 Å². The topological polar surface area (TPSA) is 52.3 Å². The molecule has 0 bridgehead atoms. The molecule has 1 rings (SSSR count). The van der Waals surface area contributed by atoms with Gasteiger partial charge in [0.1, 0.15) is 0 Å². The molecule has 3 heteroatoms. The van der Waals surface area contributed by atoms with Crippen LogP contribution in [0.15, 0.2) is 30.3 Å². The Morgan fingerprint density at radius 3 is 2.67 bits per heavy atom. The van der Waals surface area contributed by atoms with E-state index in [1.807, 2.05) is 18.2 Å². The molecule has 2 N–H and O–H groups in total. The number of ether oxygens (including phenoxy) is 1. The first-order valence-corrected chi connectivity index (χ1v) is 5.08. The lowest BCUT2D eigenvalue weighted by atomic mass is 10.0. The Hall–Kier alpha value is -1.35. The molecule has 0 saturated carbocycles. The number of aryl methyl sites for hydroxylation is 1. The zero-order valence-corrected chi connectivity index (χ0v) is 8.98. The van der Waals surface area contributed by atoms with Gasteiger partial charge in [-0.25, -0.2) is 0 Å². The van der Waals surface area contributed by atoms with Crippen molar-refractivity contribution in [2.45, 2.75) is 25.3 Å². The predicted octanol–water partition coefficient (Wildman–Crippen LogP) is 1.51. The molecular formula is C12H17NO2. The van der Waals surface area contributed by atoms with Crippen molar-refractivity contribution in [3.63, 3.8) is 0 Å². The molecule has 0 spiro atoms. The molecule has 0 aromatic heterocycles. The highest BCUT2D eigenvalue weighted by atomic mass is 16.5. The van der Waals surface area contributed by atoms with Gasteiger partial charge in [-0.05, 0) is 18.4 Å². The third kappa shape index (κ3) is 4.61. The molecule has 1 atom stereocenters. The molecule has 0 heterocycles. The van der Waals surface area contributed by atoms with Crippen LogP contribution in [0.2, 0.25) is 0 Å². The maximum Gasteiger partial charge on any atom is 0.307 e. The molecule has 3 nitrogen and oxygen atoms in total. The highest BCUT2D eigenvalue weighted by Crippen LogP contribution is 2.06. The van der Waals surface area contributed by atoms with Crippen LogP contribution < -0.4 is 5.73 Å². The summed E-state index contributed by atoms with van der Waals surface area (Å²) in [7, 11) is 1.38. The van der Waals surface area contributed by atoms with Crippen molar-refractivity contribution in [3.8, 4) is 0 Å². The smallest absolute Gasteiger partial charge is 0.307 e. The summed E-state index contributed by atoms with van der Waals surface area (Å²) in [4.78, 5) is 10.9. The normalized spacial score (nSPS) is 12.1. The maximum absolute atomic E-state index is 10.9. The second kappa shape index (κ2) is 6.19. The van der Waals surface area contributed by atoms with Crippen molar-refractivity contribution in [1.82, 2.24) is 0 Å². The Morgan fingerprint density at radius 1 is 1.40 bits per heavy atom. The maximum atomic E-state index is 10.9. The molecule has 0 aliphatic heterocycles. The molecule has 15 heavy (non-hydrogen) atoms. The van der Waals surface area contributed by atoms with E-state index in [0.717, 1.165) is 12.8 Å². The number of carbonyl (C=O) groups is 1. The number of hydrogen-bond acceptors (Lipinski definition) is 3. The van der Waals surface area contributed by atoms with Crippen molar-refractivity contribution < 1.29 is 9.53 Å². The monoisotopic (exact) mass is 207 g/mol. The van der Waals surface area contributed by atoms with Crippen LogP contribution in [-0.2, 0) is 16.0 Å². The zero-order chi connectivity index (χ0) is 11.1. The van der Waals surface area contributed by atoms with Gasteiger partial charge in [-0.1, -0.05) is 30.3 Å². The molecule has 0 aliphatic rings. The van der Waals surface area contributed by atoms with Crippen LogP contribution in [-0.4, -0.2) is 19.1 Å². The van der Waals surface area contributed by atoms with E-state index in [9.17, 15) is 4.79 Å². The number of rotatable bonds is 5. The number of carbonyl (C=O) groups excluding carboxylic acids is 1. The Balaban J connectivity index is 2.28. The molecule has 0 radical (unpaired) electrons.